The summed E-state index contributed by atoms with van der Waals surface area (Å²) >= 11 is 0. The van der Waals surface area contributed by atoms with E-state index in [9.17, 15) is 0 Å². The van der Waals surface area contributed by atoms with Gasteiger partial charge in [-0.15, -0.1) is 0 Å². The lowest BCUT2D eigenvalue weighted by Crippen LogP contribution is -2.25. The van der Waals surface area contributed by atoms with Gasteiger partial charge < -0.3 is 4.57 Å². The second-order valence-electron chi connectivity index (χ2n) is 14.7. The van der Waals surface area contributed by atoms with E-state index in [1.54, 1.807) is 0 Å². The molecule has 0 saturated heterocycles. The summed E-state index contributed by atoms with van der Waals surface area (Å²) in [4.78, 5) is 5.15. The molecule has 250 valence electrons. The zero-order valence-corrected chi connectivity index (χ0v) is 29.1. The van der Waals surface area contributed by atoms with Gasteiger partial charge in [0.1, 0.15) is 0 Å². The fourth-order valence-corrected chi connectivity index (χ4v) is 10.2. The van der Waals surface area contributed by atoms with Gasteiger partial charge in [0.15, 0.2) is 0 Å². The number of imidazole rings is 2. The molecule has 4 nitrogen and oxygen atoms in total. The first-order valence-corrected chi connectivity index (χ1v) is 18.6. The first-order valence-electron chi connectivity index (χ1n) is 18.6. The van der Waals surface area contributed by atoms with E-state index in [1.807, 2.05) is 0 Å². The van der Waals surface area contributed by atoms with Crippen LogP contribution in [0.2, 0.25) is 0 Å². The third kappa shape index (κ3) is 3.33. The molecule has 13 rings (SSSR count). The van der Waals surface area contributed by atoms with E-state index in [2.05, 4.69) is 196 Å². The summed E-state index contributed by atoms with van der Waals surface area (Å²) in [6.45, 7) is 0. The molecule has 2 aliphatic rings. The maximum absolute atomic E-state index is 5.15. The van der Waals surface area contributed by atoms with Crippen LogP contribution in [0, 0.1) is 0 Å². The molecule has 0 atom stereocenters. The molecule has 0 bridgehead atoms. The van der Waals surface area contributed by atoms with E-state index in [0.29, 0.717) is 0 Å². The molecule has 0 amide bonds. The Bertz CT molecular complexity index is 3360. The minimum atomic E-state index is -0.351. The van der Waals surface area contributed by atoms with Crippen LogP contribution in [-0.2, 0) is 5.41 Å². The molecule has 4 heteroatoms. The lowest BCUT2D eigenvalue weighted by Gasteiger charge is -2.30. The van der Waals surface area contributed by atoms with E-state index in [4.69, 9.17) is 4.98 Å². The molecule has 3 heterocycles. The molecule has 1 spiro atoms. The summed E-state index contributed by atoms with van der Waals surface area (Å²) < 4.78 is 7.05. The SMILES string of the molecule is c1ccc2c(c1)-c1ccccc1C21c2ccccc2-c2cc(-n3c4ccccc4c4cc(-n5c6ccccc6n6c7ccccc7nc56)ccc43)ccc21. The van der Waals surface area contributed by atoms with Crippen molar-refractivity contribution in [1.29, 1.82) is 0 Å². The number of hydrogen-bond acceptors (Lipinski definition) is 1. The van der Waals surface area contributed by atoms with Crippen LogP contribution in [0.15, 0.2) is 182 Å². The number of benzene rings is 8. The zero-order valence-electron chi connectivity index (χ0n) is 29.1. The van der Waals surface area contributed by atoms with Crippen molar-refractivity contribution in [1.82, 2.24) is 18.5 Å². The molecule has 0 N–H and O–H groups in total. The van der Waals surface area contributed by atoms with Crippen LogP contribution < -0.4 is 0 Å². The van der Waals surface area contributed by atoms with Crippen LogP contribution in [-0.4, -0.2) is 18.5 Å². The number of para-hydroxylation sites is 5. The molecule has 0 fully saturated rings. The molecular formula is C50H30N4. The van der Waals surface area contributed by atoms with Crippen molar-refractivity contribution in [3.8, 4) is 33.6 Å². The number of aromatic nitrogens is 4. The molecule has 0 aliphatic heterocycles. The number of fused-ring (bicyclic) bond motifs is 18. The maximum Gasteiger partial charge on any atom is 0.220 e. The van der Waals surface area contributed by atoms with Gasteiger partial charge in [-0.05, 0) is 105 Å². The normalized spacial score (nSPS) is 13.7. The van der Waals surface area contributed by atoms with Crippen LogP contribution in [0.1, 0.15) is 22.3 Å². The van der Waals surface area contributed by atoms with E-state index in [1.165, 1.54) is 66.3 Å². The van der Waals surface area contributed by atoms with E-state index < -0.39 is 0 Å². The van der Waals surface area contributed by atoms with E-state index >= 15 is 0 Å². The highest BCUT2D eigenvalue weighted by Crippen LogP contribution is 2.62. The van der Waals surface area contributed by atoms with Crippen LogP contribution in [0.3, 0.4) is 0 Å². The smallest absolute Gasteiger partial charge is 0.220 e. The Balaban J connectivity index is 1.06. The summed E-state index contributed by atoms with van der Waals surface area (Å²) in [5.74, 6) is 0.918. The third-order valence-electron chi connectivity index (χ3n) is 12.3. The van der Waals surface area contributed by atoms with Crippen molar-refractivity contribution in [2.45, 2.75) is 5.41 Å². The Hall–Kier alpha value is -7.17. The summed E-state index contributed by atoms with van der Waals surface area (Å²) in [5.41, 5.74) is 19.4. The van der Waals surface area contributed by atoms with Crippen LogP contribution in [0.5, 0.6) is 0 Å². The topological polar surface area (TPSA) is 27.2 Å². The predicted octanol–water partition coefficient (Wildman–Crippen LogP) is 11.9. The van der Waals surface area contributed by atoms with Gasteiger partial charge in [0.05, 0.1) is 38.5 Å². The van der Waals surface area contributed by atoms with Crippen molar-refractivity contribution in [3.63, 3.8) is 0 Å². The highest BCUT2D eigenvalue weighted by atomic mass is 15.2. The van der Waals surface area contributed by atoms with Gasteiger partial charge in [-0.3, -0.25) is 8.97 Å². The second kappa shape index (κ2) is 10.0. The molecule has 8 aromatic carbocycles. The van der Waals surface area contributed by atoms with Gasteiger partial charge in [0.2, 0.25) is 5.78 Å². The Kier molecular flexibility index (Phi) is 5.28. The molecule has 0 unspecified atom stereocenters. The van der Waals surface area contributed by atoms with Gasteiger partial charge in [0, 0.05) is 22.1 Å². The number of rotatable bonds is 2. The second-order valence-corrected chi connectivity index (χ2v) is 14.7. The molecule has 0 saturated carbocycles. The summed E-state index contributed by atoms with van der Waals surface area (Å²) in [6, 6.07) is 67.0. The van der Waals surface area contributed by atoms with Crippen molar-refractivity contribution >= 4 is 49.7 Å². The van der Waals surface area contributed by atoms with E-state index in [0.717, 1.165) is 39.2 Å². The maximum atomic E-state index is 5.15. The quantitative estimate of drug-likeness (QED) is 0.178. The Morgan fingerprint density at radius 3 is 1.61 bits per heavy atom. The summed E-state index contributed by atoms with van der Waals surface area (Å²) in [7, 11) is 0. The highest BCUT2D eigenvalue weighted by Gasteiger charge is 2.51. The van der Waals surface area contributed by atoms with Gasteiger partial charge in [-0.25, -0.2) is 4.98 Å². The van der Waals surface area contributed by atoms with Crippen molar-refractivity contribution < 1.29 is 0 Å². The molecule has 11 aromatic rings. The lowest BCUT2D eigenvalue weighted by molar-refractivity contribution is 0.793. The molecular weight excluding hydrogens is 657 g/mol. The molecule has 54 heavy (non-hydrogen) atoms. The zero-order chi connectivity index (χ0) is 35.1. The van der Waals surface area contributed by atoms with Crippen molar-refractivity contribution in [3.05, 3.63) is 204 Å². The fraction of sp³-hybridized carbons (Fsp3) is 0.0200. The molecule has 2 aliphatic carbocycles. The van der Waals surface area contributed by atoms with Crippen LogP contribution >= 0.6 is 0 Å². The number of hydrogen-bond donors (Lipinski definition) is 0. The van der Waals surface area contributed by atoms with E-state index in [-0.39, 0.29) is 5.41 Å². The van der Waals surface area contributed by atoms with Crippen molar-refractivity contribution in [2.75, 3.05) is 0 Å². The summed E-state index contributed by atoms with van der Waals surface area (Å²) in [5, 5.41) is 2.44. The van der Waals surface area contributed by atoms with Crippen LogP contribution in [0.4, 0.5) is 0 Å². The first-order chi connectivity index (χ1) is 26.8. The summed E-state index contributed by atoms with van der Waals surface area (Å²) in [6.07, 6.45) is 0. The van der Waals surface area contributed by atoms with Gasteiger partial charge >= 0.3 is 0 Å². The molecule has 3 aromatic heterocycles. The monoisotopic (exact) mass is 686 g/mol. The average Bonchev–Trinajstić information content (AvgIpc) is 4.01. The largest absolute Gasteiger partial charge is 0.309 e. The molecule has 0 radical (unpaired) electrons. The van der Waals surface area contributed by atoms with Gasteiger partial charge in [-0.2, -0.15) is 0 Å². The lowest BCUT2D eigenvalue weighted by atomic mass is 9.70. The number of nitrogens with zero attached hydrogens (tertiary/aromatic N) is 4. The minimum absolute atomic E-state index is 0.351. The Labute approximate surface area is 310 Å². The van der Waals surface area contributed by atoms with Gasteiger partial charge in [0.25, 0.3) is 0 Å². The predicted molar refractivity (Wildman–Crippen MR) is 220 cm³/mol. The van der Waals surface area contributed by atoms with Crippen molar-refractivity contribution in [2.24, 2.45) is 0 Å². The highest BCUT2D eigenvalue weighted by molar-refractivity contribution is 6.10. The Morgan fingerprint density at radius 1 is 0.352 bits per heavy atom. The standard InChI is InChI=1S/C50H30N4/c1-5-17-39-33(13-1)34-14-2-6-18-40(34)50(39)41-19-7-3-15-35(41)37-29-31(25-27-42(37)50)52-44-21-9-4-16-36(44)38-30-32(26-28-45(38)52)53-47-23-11-12-24-48(47)54-46-22-10-8-20-43(46)51-49(53)54/h1-30H. The average molecular weight is 687 g/mol. The third-order valence-corrected chi connectivity index (χ3v) is 12.3. The minimum Gasteiger partial charge on any atom is -0.309 e. The first kappa shape index (κ1) is 28.4. The van der Waals surface area contributed by atoms with Gasteiger partial charge in [-0.1, -0.05) is 121 Å². The fourth-order valence-electron chi connectivity index (χ4n) is 10.2. The van der Waals surface area contributed by atoms with Crippen LogP contribution in [0.25, 0.3) is 83.3 Å². The Morgan fingerprint density at radius 2 is 0.870 bits per heavy atom.